The molecule has 2 fully saturated rings. The molecule has 1 aliphatic carbocycles. The highest BCUT2D eigenvalue weighted by Gasteiger charge is 2.56. The quantitative estimate of drug-likeness (QED) is 0.355. The van der Waals surface area contributed by atoms with Crippen molar-refractivity contribution in [1.29, 1.82) is 0 Å². The molecule has 9 heteroatoms. The van der Waals surface area contributed by atoms with Crippen molar-refractivity contribution < 1.29 is 13.5 Å². The predicted molar refractivity (Wildman–Crippen MR) is 129 cm³/mol. The van der Waals surface area contributed by atoms with Gasteiger partial charge < -0.3 is 9.64 Å². The van der Waals surface area contributed by atoms with Crippen LogP contribution in [0.3, 0.4) is 0 Å². The first-order valence-electron chi connectivity index (χ1n) is 11.6. The fourth-order valence-electron chi connectivity index (χ4n) is 5.06. The second kappa shape index (κ2) is 8.68. The standard InChI is InChI=1S/C26H22ClF2N5O/c27-18-5-3-17(20(28)12-18)15-35-25-31-14-21(29)24(33-25)34-10-7-26(8-11-34)13-19(26)22-6-4-16-2-1-9-30-23(16)32-22/h1-6,9,12,14,19H,7-8,10-11,13,15H2. The summed E-state index contributed by atoms with van der Waals surface area (Å²) in [4.78, 5) is 19.3. The third-order valence-corrected chi connectivity index (χ3v) is 7.40. The SMILES string of the molecule is Fc1cc(Cl)ccc1COc1ncc(F)c(N2CCC3(CC2)CC3c2ccc3cccnc3n2)n1. The molecular weight excluding hydrogens is 472 g/mol. The zero-order valence-electron chi connectivity index (χ0n) is 18.8. The second-order valence-electron chi connectivity index (χ2n) is 9.24. The number of halogens is 3. The fraction of sp³-hybridized carbons (Fsp3) is 0.308. The molecule has 1 atom stereocenters. The molecule has 35 heavy (non-hydrogen) atoms. The first-order chi connectivity index (χ1) is 17.0. The number of ether oxygens (including phenoxy) is 1. The number of anilines is 1. The highest BCUT2D eigenvalue weighted by Crippen LogP contribution is 2.64. The number of rotatable bonds is 5. The van der Waals surface area contributed by atoms with Gasteiger partial charge in [-0.3, -0.25) is 0 Å². The third kappa shape index (κ3) is 4.27. The fourth-order valence-corrected chi connectivity index (χ4v) is 5.22. The number of fused-ring (bicyclic) bond motifs is 1. The molecule has 0 bridgehead atoms. The summed E-state index contributed by atoms with van der Waals surface area (Å²) in [5, 5.41) is 1.34. The number of benzene rings is 1. The largest absolute Gasteiger partial charge is 0.458 e. The minimum atomic E-state index is -0.499. The van der Waals surface area contributed by atoms with E-state index in [9.17, 15) is 8.78 Å². The number of hydrogen-bond donors (Lipinski definition) is 0. The first kappa shape index (κ1) is 22.1. The molecule has 0 amide bonds. The molecule has 1 aliphatic heterocycles. The summed E-state index contributed by atoms with van der Waals surface area (Å²) >= 11 is 5.79. The number of aromatic nitrogens is 4. The molecule has 1 spiro atoms. The maximum absolute atomic E-state index is 14.6. The Morgan fingerprint density at radius 2 is 1.89 bits per heavy atom. The van der Waals surface area contributed by atoms with Crippen molar-refractivity contribution in [2.75, 3.05) is 18.0 Å². The summed E-state index contributed by atoms with van der Waals surface area (Å²) in [6, 6.07) is 12.5. The predicted octanol–water partition coefficient (Wildman–Crippen LogP) is 5.70. The first-order valence-corrected chi connectivity index (χ1v) is 11.9. The molecule has 178 valence electrons. The molecule has 4 aromatic rings. The highest BCUT2D eigenvalue weighted by atomic mass is 35.5. The average Bonchev–Trinajstić information content (AvgIpc) is 3.57. The van der Waals surface area contributed by atoms with Gasteiger partial charge in [-0.1, -0.05) is 17.7 Å². The van der Waals surface area contributed by atoms with Gasteiger partial charge in [0.25, 0.3) is 0 Å². The average molecular weight is 494 g/mol. The minimum absolute atomic E-state index is 0.00759. The maximum Gasteiger partial charge on any atom is 0.318 e. The Hall–Kier alpha value is -3.39. The number of hydrogen-bond acceptors (Lipinski definition) is 6. The van der Waals surface area contributed by atoms with E-state index in [1.165, 1.54) is 6.07 Å². The minimum Gasteiger partial charge on any atom is -0.458 e. The van der Waals surface area contributed by atoms with Gasteiger partial charge in [-0.25, -0.2) is 23.7 Å². The Kier molecular flexibility index (Phi) is 5.48. The van der Waals surface area contributed by atoms with Crippen molar-refractivity contribution in [1.82, 2.24) is 19.9 Å². The van der Waals surface area contributed by atoms with E-state index < -0.39 is 11.6 Å². The molecule has 1 unspecified atom stereocenters. The van der Waals surface area contributed by atoms with Crippen LogP contribution in [0.1, 0.15) is 36.4 Å². The van der Waals surface area contributed by atoms with Crippen LogP contribution in [0.2, 0.25) is 5.02 Å². The normalized spacial score (nSPS) is 18.7. The van der Waals surface area contributed by atoms with Crippen LogP contribution >= 0.6 is 11.6 Å². The summed E-state index contributed by atoms with van der Waals surface area (Å²) < 4.78 is 34.2. The van der Waals surface area contributed by atoms with Crippen molar-refractivity contribution in [2.45, 2.75) is 31.8 Å². The van der Waals surface area contributed by atoms with Crippen molar-refractivity contribution in [3.63, 3.8) is 0 Å². The second-order valence-corrected chi connectivity index (χ2v) is 9.68. The van der Waals surface area contributed by atoms with Crippen LogP contribution in [0.5, 0.6) is 6.01 Å². The lowest BCUT2D eigenvalue weighted by Crippen LogP contribution is -2.36. The van der Waals surface area contributed by atoms with Crippen molar-refractivity contribution >= 4 is 28.5 Å². The third-order valence-electron chi connectivity index (χ3n) is 7.17. The monoisotopic (exact) mass is 493 g/mol. The van der Waals surface area contributed by atoms with Gasteiger partial charge in [-0.2, -0.15) is 4.98 Å². The molecule has 4 heterocycles. The summed E-state index contributed by atoms with van der Waals surface area (Å²) in [6.07, 6.45) is 5.80. The van der Waals surface area contributed by atoms with Gasteiger partial charge >= 0.3 is 6.01 Å². The van der Waals surface area contributed by atoms with E-state index in [2.05, 4.69) is 27.1 Å². The molecule has 3 aromatic heterocycles. The van der Waals surface area contributed by atoms with Crippen molar-refractivity contribution in [3.05, 3.63) is 82.8 Å². The molecule has 0 N–H and O–H groups in total. The molecule has 1 aromatic carbocycles. The summed E-state index contributed by atoms with van der Waals surface area (Å²) in [5.41, 5.74) is 2.38. The smallest absolute Gasteiger partial charge is 0.318 e. The summed E-state index contributed by atoms with van der Waals surface area (Å²) in [5.74, 6) is -0.358. The molecule has 2 aliphatic rings. The van der Waals surface area contributed by atoms with Crippen LogP contribution in [0.4, 0.5) is 14.6 Å². The van der Waals surface area contributed by atoms with E-state index in [1.807, 2.05) is 17.0 Å². The van der Waals surface area contributed by atoms with Crippen LogP contribution in [0, 0.1) is 17.0 Å². The summed E-state index contributed by atoms with van der Waals surface area (Å²) in [6.45, 7) is 1.29. The van der Waals surface area contributed by atoms with E-state index in [1.54, 1.807) is 18.3 Å². The molecule has 1 saturated heterocycles. The topological polar surface area (TPSA) is 64.0 Å². The van der Waals surface area contributed by atoms with E-state index in [0.29, 0.717) is 29.6 Å². The Morgan fingerprint density at radius 1 is 1.03 bits per heavy atom. The molecule has 0 radical (unpaired) electrons. The Morgan fingerprint density at radius 3 is 2.71 bits per heavy atom. The summed E-state index contributed by atoms with van der Waals surface area (Å²) in [7, 11) is 0. The van der Waals surface area contributed by atoms with Crippen LogP contribution < -0.4 is 9.64 Å². The van der Waals surface area contributed by atoms with Gasteiger partial charge in [0.2, 0.25) is 0 Å². The number of pyridine rings is 2. The van der Waals surface area contributed by atoms with Gasteiger partial charge in [0, 0.05) is 46.9 Å². The van der Waals surface area contributed by atoms with Gasteiger partial charge in [0.05, 0.1) is 6.20 Å². The van der Waals surface area contributed by atoms with E-state index in [0.717, 1.165) is 42.2 Å². The van der Waals surface area contributed by atoms with Crippen LogP contribution in [-0.4, -0.2) is 33.0 Å². The zero-order chi connectivity index (χ0) is 24.0. The zero-order valence-corrected chi connectivity index (χ0v) is 19.6. The number of piperidine rings is 1. The van der Waals surface area contributed by atoms with Crippen LogP contribution in [0.25, 0.3) is 11.0 Å². The lowest BCUT2D eigenvalue weighted by Gasteiger charge is -2.33. The van der Waals surface area contributed by atoms with E-state index >= 15 is 0 Å². The van der Waals surface area contributed by atoms with Crippen molar-refractivity contribution in [3.8, 4) is 6.01 Å². The van der Waals surface area contributed by atoms with Gasteiger partial charge in [-0.15, -0.1) is 0 Å². The molecule has 6 nitrogen and oxygen atoms in total. The molecule has 1 saturated carbocycles. The molecule has 6 rings (SSSR count). The van der Waals surface area contributed by atoms with Gasteiger partial charge in [-0.05, 0) is 61.1 Å². The maximum atomic E-state index is 14.6. The lowest BCUT2D eigenvalue weighted by molar-refractivity contribution is 0.273. The Labute approximate surface area is 206 Å². The van der Waals surface area contributed by atoms with E-state index in [4.69, 9.17) is 21.3 Å². The van der Waals surface area contributed by atoms with Crippen molar-refractivity contribution in [2.24, 2.45) is 5.41 Å². The van der Waals surface area contributed by atoms with Gasteiger partial charge in [0.1, 0.15) is 12.4 Å². The number of nitrogens with zero attached hydrogens (tertiary/aromatic N) is 5. The highest BCUT2D eigenvalue weighted by molar-refractivity contribution is 6.30. The van der Waals surface area contributed by atoms with Gasteiger partial charge in [0.15, 0.2) is 17.3 Å². The van der Waals surface area contributed by atoms with Crippen LogP contribution in [-0.2, 0) is 6.61 Å². The Bertz CT molecular complexity index is 1410. The van der Waals surface area contributed by atoms with Crippen LogP contribution in [0.15, 0.2) is 54.9 Å². The van der Waals surface area contributed by atoms with E-state index in [-0.39, 0.29) is 23.9 Å². The molecular formula is C26H22ClF2N5O. The lowest BCUT2D eigenvalue weighted by atomic mass is 9.90. The Balaban J connectivity index is 1.12.